The fourth-order valence-corrected chi connectivity index (χ4v) is 2.62. The smallest absolute Gasteiger partial charge is 0.170 e. The average Bonchev–Trinajstić information content (AvgIpc) is 2.57. The first kappa shape index (κ1) is 15.6. The van der Waals surface area contributed by atoms with Gasteiger partial charge in [-0.05, 0) is 55.4 Å². The molecule has 120 valence electrons. The maximum Gasteiger partial charge on any atom is 0.170 e. The van der Waals surface area contributed by atoms with E-state index in [1.165, 1.54) is 11.1 Å². The van der Waals surface area contributed by atoms with Crippen molar-refractivity contribution in [3.8, 4) is 11.5 Å². The maximum atomic E-state index is 5.90. The predicted octanol–water partition coefficient (Wildman–Crippen LogP) is 3.43. The molecule has 5 heteroatoms. The van der Waals surface area contributed by atoms with Crippen LogP contribution in [0.25, 0.3) is 0 Å². The molecular formula is C18H20N2O2S. The minimum Gasteiger partial charge on any atom is -0.486 e. The Balaban J connectivity index is 1.53. The molecular weight excluding hydrogens is 308 g/mol. The molecule has 0 saturated carbocycles. The summed E-state index contributed by atoms with van der Waals surface area (Å²) in [5, 5.41) is 7.01. The van der Waals surface area contributed by atoms with Crippen molar-refractivity contribution in [3.05, 3.63) is 53.6 Å². The second-order valence-electron chi connectivity index (χ2n) is 5.58. The first-order chi connectivity index (χ1) is 11.1. The molecule has 0 aromatic heterocycles. The lowest BCUT2D eigenvalue weighted by Crippen LogP contribution is -2.42. The number of anilines is 1. The van der Waals surface area contributed by atoms with Gasteiger partial charge in [0.25, 0.3) is 0 Å². The van der Waals surface area contributed by atoms with Gasteiger partial charge < -0.3 is 20.1 Å². The summed E-state index contributed by atoms with van der Waals surface area (Å²) >= 11 is 5.37. The molecule has 0 bridgehead atoms. The fourth-order valence-electron chi connectivity index (χ4n) is 2.42. The fraction of sp³-hybridized carbons (Fsp3) is 0.278. The molecule has 1 aliphatic rings. The molecule has 2 aromatic rings. The van der Waals surface area contributed by atoms with Gasteiger partial charge in [0.1, 0.15) is 12.7 Å². The highest BCUT2D eigenvalue weighted by atomic mass is 32.1. The summed E-state index contributed by atoms with van der Waals surface area (Å²) < 4.78 is 11.6. The summed E-state index contributed by atoms with van der Waals surface area (Å²) in [7, 11) is 0. The summed E-state index contributed by atoms with van der Waals surface area (Å²) in [6, 6.07) is 13.8. The molecule has 3 rings (SSSR count). The Morgan fingerprint density at radius 2 is 1.91 bits per heavy atom. The van der Waals surface area contributed by atoms with Crippen molar-refractivity contribution in [2.45, 2.75) is 20.0 Å². The third-order valence-electron chi connectivity index (χ3n) is 3.91. The molecule has 4 nitrogen and oxygen atoms in total. The van der Waals surface area contributed by atoms with E-state index in [2.05, 4.69) is 30.5 Å². The van der Waals surface area contributed by atoms with Gasteiger partial charge in [0.2, 0.25) is 0 Å². The van der Waals surface area contributed by atoms with E-state index in [1.54, 1.807) is 0 Å². The van der Waals surface area contributed by atoms with Crippen LogP contribution in [0.15, 0.2) is 42.5 Å². The predicted molar refractivity (Wildman–Crippen MR) is 96.5 cm³/mol. The molecule has 2 N–H and O–H groups in total. The van der Waals surface area contributed by atoms with Crippen LogP contribution in [0.4, 0.5) is 5.69 Å². The minimum atomic E-state index is -0.0664. The van der Waals surface area contributed by atoms with Crippen LogP contribution in [-0.2, 0) is 0 Å². The lowest BCUT2D eigenvalue weighted by molar-refractivity contribution is 0.0939. The van der Waals surface area contributed by atoms with E-state index in [-0.39, 0.29) is 6.10 Å². The van der Waals surface area contributed by atoms with Crippen LogP contribution in [0.2, 0.25) is 0 Å². The molecule has 0 aliphatic carbocycles. The topological polar surface area (TPSA) is 42.5 Å². The zero-order valence-corrected chi connectivity index (χ0v) is 14.1. The van der Waals surface area contributed by atoms with Gasteiger partial charge in [0, 0.05) is 5.69 Å². The Morgan fingerprint density at radius 3 is 2.74 bits per heavy atom. The van der Waals surface area contributed by atoms with Gasteiger partial charge in [-0.3, -0.25) is 0 Å². The number of hydrogen-bond donors (Lipinski definition) is 2. The number of fused-ring (bicyclic) bond motifs is 1. The average molecular weight is 328 g/mol. The van der Waals surface area contributed by atoms with Gasteiger partial charge in [-0.1, -0.05) is 24.3 Å². The zero-order valence-electron chi connectivity index (χ0n) is 13.3. The highest BCUT2D eigenvalue weighted by molar-refractivity contribution is 7.80. The Bertz CT molecular complexity index is 718. The normalized spacial score (nSPS) is 15.8. The lowest BCUT2D eigenvalue weighted by atomic mass is 10.1. The molecule has 0 spiro atoms. The number of ether oxygens (including phenoxy) is 2. The Morgan fingerprint density at radius 1 is 1.13 bits per heavy atom. The van der Waals surface area contributed by atoms with Crippen molar-refractivity contribution < 1.29 is 9.47 Å². The monoisotopic (exact) mass is 328 g/mol. The van der Waals surface area contributed by atoms with Crippen LogP contribution >= 0.6 is 12.2 Å². The lowest BCUT2D eigenvalue weighted by Gasteiger charge is -2.27. The molecule has 1 atom stereocenters. The van der Waals surface area contributed by atoms with Gasteiger partial charge in [0.05, 0.1) is 6.54 Å². The van der Waals surface area contributed by atoms with Gasteiger partial charge in [-0.2, -0.15) is 0 Å². The van der Waals surface area contributed by atoms with Crippen LogP contribution in [0, 0.1) is 13.8 Å². The molecule has 0 fully saturated rings. The first-order valence-electron chi connectivity index (χ1n) is 7.63. The highest BCUT2D eigenvalue weighted by Crippen LogP contribution is 2.30. The van der Waals surface area contributed by atoms with E-state index in [0.29, 0.717) is 18.3 Å². The standard InChI is InChI=1S/C18H20N2O2S/c1-12-6-5-7-15(13(12)2)20-18(23)19-10-14-11-21-16-8-3-4-9-17(16)22-14/h3-9,14H,10-11H2,1-2H3,(H2,19,20,23)/t14-/m0/s1. The molecule has 1 heterocycles. The van der Waals surface area contributed by atoms with E-state index < -0.39 is 0 Å². The van der Waals surface area contributed by atoms with Crippen LogP contribution in [0.5, 0.6) is 11.5 Å². The SMILES string of the molecule is Cc1cccc(NC(=S)NC[C@H]2COc3ccccc3O2)c1C. The summed E-state index contributed by atoms with van der Waals surface area (Å²) in [6.07, 6.45) is -0.0664. The minimum absolute atomic E-state index is 0.0664. The third-order valence-corrected chi connectivity index (χ3v) is 4.16. The number of benzene rings is 2. The Hall–Kier alpha value is -2.27. The van der Waals surface area contributed by atoms with Crippen molar-refractivity contribution in [2.24, 2.45) is 0 Å². The van der Waals surface area contributed by atoms with Gasteiger partial charge >= 0.3 is 0 Å². The summed E-state index contributed by atoms with van der Waals surface area (Å²) in [4.78, 5) is 0. The summed E-state index contributed by atoms with van der Waals surface area (Å²) in [5.41, 5.74) is 3.45. The number of hydrogen-bond acceptors (Lipinski definition) is 3. The molecule has 2 aromatic carbocycles. The molecule has 0 amide bonds. The third kappa shape index (κ3) is 3.74. The van der Waals surface area contributed by atoms with Gasteiger partial charge in [-0.25, -0.2) is 0 Å². The quantitative estimate of drug-likeness (QED) is 0.845. The van der Waals surface area contributed by atoms with E-state index in [4.69, 9.17) is 21.7 Å². The Labute approximate surface area is 141 Å². The van der Waals surface area contributed by atoms with Crippen molar-refractivity contribution in [1.29, 1.82) is 0 Å². The van der Waals surface area contributed by atoms with Crippen molar-refractivity contribution in [2.75, 3.05) is 18.5 Å². The zero-order chi connectivity index (χ0) is 16.2. The second kappa shape index (κ2) is 6.87. The van der Waals surface area contributed by atoms with E-state index >= 15 is 0 Å². The van der Waals surface area contributed by atoms with Crippen LogP contribution in [0.1, 0.15) is 11.1 Å². The van der Waals surface area contributed by atoms with E-state index in [1.807, 2.05) is 36.4 Å². The largest absolute Gasteiger partial charge is 0.486 e. The van der Waals surface area contributed by atoms with Crippen molar-refractivity contribution >= 4 is 23.0 Å². The van der Waals surface area contributed by atoms with Crippen molar-refractivity contribution in [1.82, 2.24) is 5.32 Å². The molecule has 23 heavy (non-hydrogen) atoms. The van der Waals surface area contributed by atoms with Crippen LogP contribution < -0.4 is 20.1 Å². The molecule has 1 aliphatic heterocycles. The van der Waals surface area contributed by atoms with E-state index in [9.17, 15) is 0 Å². The maximum absolute atomic E-state index is 5.90. The summed E-state index contributed by atoms with van der Waals surface area (Å²) in [5.74, 6) is 1.57. The number of nitrogens with one attached hydrogen (secondary N) is 2. The number of thiocarbonyl (C=S) groups is 1. The van der Waals surface area contributed by atoms with Gasteiger partial charge in [0.15, 0.2) is 16.6 Å². The number of aryl methyl sites for hydroxylation is 1. The number of para-hydroxylation sites is 2. The van der Waals surface area contributed by atoms with Crippen molar-refractivity contribution in [3.63, 3.8) is 0 Å². The number of rotatable bonds is 3. The highest BCUT2D eigenvalue weighted by Gasteiger charge is 2.20. The molecule has 0 radical (unpaired) electrons. The Kier molecular flexibility index (Phi) is 4.67. The molecule has 0 unspecified atom stereocenters. The molecule has 0 saturated heterocycles. The second-order valence-corrected chi connectivity index (χ2v) is 5.99. The summed E-state index contributed by atoms with van der Waals surface area (Å²) in [6.45, 7) is 5.26. The first-order valence-corrected chi connectivity index (χ1v) is 8.04. The van der Waals surface area contributed by atoms with Crippen LogP contribution in [0.3, 0.4) is 0 Å². The van der Waals surface area contributed by atoms with Gasteiger partial charge in [-0.15, -0.1) is 0 Å². The van der Waals surface area contributed by atoms with Crippen LogP contribution in [-0.4, -0.2) is 24.4 Å². The van der Waals surface area contributed by atoms with E-state index in [0.717, 1.165) is 17.2 Å².